The first-order valence-electron chi connectivity index (χ1n) is 7.20. The summed E-state index contributed by atoms with van der Waals surface area (Å²) in [5, 5.41) is 9.45. The van der Waals surface area contributed by atoms with Crippen LogP contribution in [-0.4, -0.2) is 30.0 Å². The van der Waals surface area contributed by atoms with Crippen molar-refractivity contribution in [1.29, 1.82) is 0 Å². The van der Waals surface area contributed by atoms with Gasteiger partial charge in [-0.25, -0.2) is 4.79 Å². The molecule has 0 saturated heterocycles. The molecule has 0 aliphatic heterocycles. The minimum absolute atomic E-state index is 0.0657. The Morgan fingerprint density at radius 2 is 1.91 bits per heavy atom. The normalized spacial score (nSPS) is 11.0. The average Bonchev–Trinajstić information content (AvgIpc) is 2.84. The highest BCUT2D eigenvalue weighted by Crippen LogP contribution is 2.20. The van der Waals surface area contributed by atoms with Crippen LogP contribution in [0.15, 0.2) is 51.7 Å². The molecule has 0 aliphatic carbocycles. The Morgan fingerprint density at radius 3 is 2.65 bits per heavy atom. The molecule has 3 aromatic rings. The number of hydrogen-bond acceptors (Lipinski definition) is 5. The van der Waals surface area contributed by atoms with E-state index in [9.17, 15) is 9.90 Å². The third kappa shape index (κ3) is 3.37. The van der Waals surface area contributed by atoms with E-state index in [2.05, 4.69) is 0 Å². The predicted octanol–water partition coefficient (Wildman–Crippen LogP) is 2.37. The highest BCUT2D eigenvalue weighted by Gasteiger charge is 2.10. The molecule has 120 valence electrons. The number of methoxy groups -OCH3 is 1. The summed E-state index contributed by atoms with van der Waals surface area (Å²) in [7, 11) is 1.62. The lowest BCUT2D eigenvalue weighted by molar-refractivity contribution is 0.146. The van der Waals surface area contributed by atoms with Gasteiger partial charge in [-0.3, -0.25) is 4.57 Å². The van der Waals surface area contributed by atoms with Crippen LogP contribution in [0, 0.1) is 0 Å². The molecule has 0 aliphatic rings. The van der Waals surface area contributed by atoms with Crippen LogP contribution in [0.2, 0.25) is 0 Å². The Labute approximate surface area is 132 Å². The van der Waals surface area contributed by atoms with Gasteiger partial charge in [0.15, 0.2) is 5.58 Å². The zero-order valence-corrected chi connectivity index (χ0v) is 12.7. The number of phenolic OH excluding ortho intramolecular Hbond substituents is 1. The number of aromatic hydroxyl groups is 1. The van der Waals surface area contributed by atoms with E-state index in [1.807, 2.05) is 24.3 Å². The molecule has 0 saturated carbocycles. The van der Waals surface area contributed by atoms with Crippen molar-refractivity contribution in [1.82, 2.24) is 4.57 Å². The third-order valence-corrected chi connectivity index (χ3v) is 3.47. The highest BCUT2D eigenvalue weighted by molar-refractivity contribution is 5.74. The molecule has 2 aromatic carbocycles. The number of benzene rings is 2. The summed E-state index contributed by atoms with van der Waals surface area (Å²) in [6.07, 6.45) is 0. The van der Waals surface area contributed by atoms with Gasteiger partial charge in [-0.1, -0.05) is 12.1 Å². The van der Waals surface area contributed by atoms with Gasteiger partial charge in [0.2, 0.25) is 0 Å². The van der Waals surface area contributed by atoms with Gasteiger partial charge in [-0.2, -0.15) is 0 Å². The van der Waals surface area contributed by atoms with Crippen LogP contribution >= 0.6 is 0 Å². The molecule has 1 heterocycles. The van der Waals surface area contributed by atoms with Crippen molar-refractivity contribution in [3.63, 3.8) is 0 Å². The molecular formula is C17H17NO5. The van der Waals surface area contributed by atoms with Crippen LogP contribution < -0.4 is 10.5 Å². The van der Waals surface area contributed by atoms with Crippen molar-refractivity contribution in [3.05, 3.63) is 58.6 Å². The Bertz CT molecular complexity index is 848. The number of rotatable bonds is 6. The van der Waals surface area contributed by atoms with Crippen molar-refractivity contribution in [2.24, 2.45) is 0 Å². The predicted molar refractivity (Wildman–Crippen MR) is 85.1 cm³/mol. The lowest BCUT2D eigenvalue weighted by Crippen LogP contribution is -2.14. The molecule has 23 heavy (non-hydrogen) atoms. The van der Waals surface area contributed by atoms with Gasteiger partial charge in [0.05, 0.1) is 18.7 Å². The summed E-state index contributed by atoms with van der Waals surface area (Å²) in [5.74, 6) is 0.363. The molecule has 0 fully saturated rings. The molecule has 1 aromatic heterocycles. The smallest absolute Gasteiger partial charge is 0.420 e. The van der Waals surface area contributed by atoms with Crippen molar-refractivity contribution in [2.45, 2.75) is 6.54 Å². The Kier molecular flexibility index (Phi) is 4.34. The van der Waals surface area contributed by atoms with Crippen molar-refractivity contribution in [3.8, 4) is 11.5 Å². The summed E-state index contributed by atoms with van der Waals surface area (Å²) < 4.78 is 17.1. The summed E-state index contributed by atoms with van der Waals surface area (Å²) in [4.78, 5) is 12.0. The van der Waals surface area contributed by atoms with Crippen molar-refractivity contribution in [2.75, 3.05) is 20.3 Å². The Hall–Kier alpha value is -2.73. The Morgan fingerprint density at radius 1 is 1.13 bits per heavy atom. The van der Waals surface area contributed by atoms with E-state index >= 15 is 0 Å². The van der Waals surface area contributed by atoms with Crippen molar-refractivity contribution < 1.29 is 19.0 Å². The first-order valence-corrected chi connectivity index (χ1v) is 7.20. The number of nitrogens with zero attached hydrogens (tertiary/aromatic N) is 1. The van der Waals surface area contributed by atoms with E-state index in [0.29, 0.717) is 30.9 Å². The van der Waals surface area contributed by atoms with Gasteiger partial charge in [-0.15, -0.1) is 0 Å². The van der Waals surface area contributed by atoms with Gasteiger partial charge in [0, 0.05) is 13.2 Å². The molecule has 0 spiro atoms. The second kappa shape index (κ2) is 6.58. The molecule has 0 bridgehead atoms. The summed E-state index contributed by atoms with van der Waals surface area (Å²) >= 11 is 0. The van der Waals surface area contributed by atoms with Gasteiger partial charge >= 0.3 is 5.76 Å². The van der Waals surface area contributed by atoms with Gasteiger partial charge < -0.3 is 19.0 Å². The summed E-state index contributed by atoms with van der Waals surface area (Å²) in [6.45, 7) is 1.41. The first-order chi connectivity index (χ1) is 11.2. The molecule has 1 N–H and O–H groups in total. The monoisotopic (exact) mass is 315 g/mol. The Balaban J connectivity index is 1.79. The maximum atomic E-state index is 12.0. The van der Waals surface area contributed by atoms with Crippen LogP contribution in [0.1, 0.15) is 5.56 Å². The number of fused-ring (bicyclic) bond motifs is 1. The van der Waals surface area contributed by atoms with Crippen LogP contribution in [0.25, 0.3) is 11.1 Å². The van der Waals surface area contributed by atoms with E-state index < -0.39 is 5.76 Å². The minimum atomic E-state index is -0.453. The molecule has 0 atom stereocenters. The molecule has 0 amide bonds. The van der Waals surface area contributed by atoms with Crippen LogP contribution in [-0.2, 0) is 11.3 Å². The van der Waals surface area contributed by atoms with Gasteiger partial charge in [-0.05, 0) is 29.8 Å². The molecular weight excluding hydrogens is 298 g/mol. The maximum Gasteiger partial charge on any atom is 0.420 e. The molecule has 6 nitrogen and oxygen atoms in total. The summed E-state index contributed by atoms with van der Waals surface area (Å²) in [5.41, 5.74) is 1.96. The fourth-order valence-electron chi connectivity index (χ4n) is 2.32. The number of phenols is 1. The molecule has 0 radical (unpaired) electrons. The number of hydrogen-bond donors (Lipinski definition) is 1. The van der Waals surface area contributed by atoms with Gasteiger partial charge in [0.25, 0.3) is 0 Å². The second-order valence-electron chi connectivity index (χ2n) is 5.09. The standard InChI is InChI=1S/C17H17NO5/c1-21-8-9-22-14-5-2-12(3-6-14)11-18-15-7-4-13(19)10-16(15)23-17(18)20/h2-7,10,19H,8-9,11H2,1H3. The van der Waals surface area contributed by atoms with E-state index in [0.717, 1.165) is 11.3 Å². The SMILES string of the molecule is COCCOc1ccc(Cn2c(=O)oc3cc(O)ccc32)cc1. The van der Waals surface area contributed by atoms with Crippen LogP contribution in [0.3, 0.4) is 0 Å². The van der Waals surface area contributed by atoms with Crippen LogP contribution in [0.5, 0.6) is 11.5 Å². The zero-order valence-electron chi connectivity index (χ0n) is 12.7. The average molecular weight is 315 g/mol. The molecule has 0 unspecified atom stereocenters. The largest absolute Gasteiger partial charge is 0.508 e. The fraction of sp³-hybridized carbons (Fsp3) is 0.235. The van der Waals surface area contributed by atoms with Crippen LogP contribution in [0.4, 0.5) is 0 Å². The first kappa shape index (κ1) is 15.2. The third-order valence-electron chi connectivity index (χ3n) is 3.47. The quantitative estimate of drug-likeness (QED) is 0.707. The summed E-state index contributed by atoms with van der Waals surface area (Å²) in [6, 6.07) is 12.1. The zero-order chi connectivity index (χ0) is 16.2. The number of aromatic nitrogens is 1. The van der Waals surface area contributed by atoms with Gasteiger partial charge in [0.1, 0.15) is 18.1 Å². The van der Waals surface area contributed by atoms with E-state index in [-0.39, 0.29) is 5.75 Å². The minimum Gasteiger partial charge on any atom is -0.508 e. The highest BCUT2D eigenvalue weighted by atomic mass is 16.5. The molecule has 6 heteroatoms. The molecule has 3 rings (SSSR count). The van der Waals surface area contributed by atoms with E-state index in [4.69, 9.17) is 13.9 Å². The second-order valence-corrected chi connectivity index (χ2v) is 5.09. The van der Waals surface area contributed by atoms with Crippen molar-refractivity contribution >= 4 is 11.1 Å². The van der Waals surface area contributed by atoms with E-state index in [1.165, 1.54) is 16.7 Å². The fourth-order valence-corrected chi connectivity index (χ4v) is 2.32. The number of ether oxygens (including phenoxy) is 2. The van der Waals surface area contributed by atoms with E-state index in [1.54, 1.807) is 13.2 Å². The number of oxazole rings is 1. The maximum absolute atomic E-state index is 12.0. The lowest BCUT2D eigenvalue weighted by Gasteiger charge is -2.07. The topological polar surface area (TPSA) is 73.8 Å². The lowest BCUT2D eigenvalue weighted by atomic mass is 10.2.